The van der Waals surface area contributed by atoms with Gasteiger partial charge in [0.05, 0.1) is 0 Å². The van der Waals surface area contributed by atoms with Crippen molar-refractivity contribution >= 4 is 40.3 Å². The average molecular weight is 496 g/mol. The number of H-pyrrole nitrogens is 1. The van der Waals surface area contributed by atoms with E-state index in [-0.39, 0.29) is 5.91 Å². The van der Waals surface area contributed by atoms with Gasteiger partial charge in [-0.25, -0.2) is 4.79 Å². The molecule has 0 saturated carbocycles. The molecule has 7 nitrogen and oxygen atoms in total. The number of esters is 1. The van der Waals surface area contributed by atoms with Crippen molar-refractivity contribution in [1.29, 1.82) is 0 Å². The summed E-state index contributed by atoms with van der Waals surface area (Å²) < 4.78 is 5.56. The van der Waals surface area contributed by atoms with E-state index in [2.05, 4.69) is 10.3 Å². The number of hydrogen-bond donors (Lipinski definition) is 2. The number of amides is 2. The molecule has 184 valence electrons. The van der Waals surface area contributed by atoms with Gasteiger partial charge in [-0.05, 0) is 63.4 Å². The second-order valence-corrected chi connectivity index (χ2v) is 10.3. The summed E-state index contributed by atoms with van der Waals surface area (Å²) in [7, 11) is 0. The summed E-state index contributed by atoms with van der Waals surface area (Å²) in [6.45, 7) is 5.85. The standard InChI is InChI=1S/C27H30ClN3O4/c1-27(2,3)35-26(34)23-10-7-13-31(23)25(33)22(14-17-8-5-4-6-9-17)30-24(32)21-16-18-15-19(28)11-12-20(18)29-21/h4-6,8-9,11-12,15-16,22-23,29H,7,10,13-14H2,1-3H3,(H,30,32)/t22?,23-/m0/s1. The first-order valence-electron chi connectivity index (χ1n) is 11.8. The van der Waals surface area contributed by atoms with E-state index in [0.29, 0.717) is 36.5 Å². The Kier molecular flexibility index (Phi) is 7.17. The lowest BCUT2D eigenvalue weighted by atomic mass is 10.0. The maximum absolute atomic E-state index is 13.7. The van der Waals surface area contributed by atoms with E-state index < -0.39 is 29.6 Å². The summed E-state index contributed by atoms with van der Waals surface area (Å²) in [4.78, 5) is 44.3. The molecular weight excluding hydrogens is 466 g/mol. The van der Waals surface area contributed by atoms with E-state index in [1.807, 2.05) is 30.3 Å². The molecule has 1 unspecified atom stereocenters. The van der Waals surface area contributed by atoms with Crippen molar-refractivity contribution < 1.29 is 19.1 Å². The van der Waals surface area contributed by atoms with Crippen LogP contribution in [0.15, 0.2) is 54.6 Å². The van der Waals surface area contributed by atoms with Crippen molar-refractivity contribution in [1.82, 2.24) is 15.2 Å². The first-order valence-corrected chi connectivity index (χ1v) is 12.1. The van der Waals surface area contributed by atoms with Crippen molar-refractivity contribution in [2.45, 2.75) is 57.7 Å². The predicted molar refractivity (Wildman–Crippen MR) is 135 cm³/mol. The Bertz CT molecular complexity index is 1230. The minimum atomic E-state index is -0.845. The van der Waals surface area contributed by atoms with Crippen molar-refractivity contribution in [2.24, 2.45) is 0 Å². The molecule has 2 atom stereocenters. The molecule has 1 aliphatic heterocycles. The Labute approximate surface area is 209 Å². The molecule has 2 aromatic carbocycles. The van der Waals surface area contributed by atoms with Crippen LogP contribution in [0, 0.1) is 0 Å². The zero-order chi connectivity index (χ0) is 25.2. The van der Waals surface area contributed by atoms with Crippen molar-refractivity contribution in [3.8, 4) is 0 Å². The van der Waals surface area contributed by atoms with Gasteiger partial charge in [-0.1, -0.05) is 41.9 Å². The summed E-state index contributed by atoms with van der Waals surface area (Å²) in [5.41, 5.74) is 1.36. The zero-order valence-corrected chi connectivity index (χ0v) is 20.9. The molecule has 0 bridgehead atoms. The van der Waals surface area contributed by atoms with Crippen molar-refractivity contribution in [2.75, 3.05) is 6.54 Å². The average Bonchev–Trinajstić information content (AvgIpc) is 3.45. The van der Waals surface area contributed by atoms with Crippen LogP contribution in [0.2, 0.25) is 5.02 Å². The van der Waals surface area contributed by atoms with Gasteiger partial charge in [0.1, 0.15) is 23.4 Å². The second-order valence-electron chi connectivity index (χ2n) is 9.85. The summed E-state index contributed by atoms with van der Waals surface area (Å²) in [5, 5.41) is 4.27. The van der Waals surface area contributed by atoms with E-state index in [1.54, 1.807) is 49.9 Å². The number of carbonyl (C=O) groups excluding carboxylic acids is 3. The minimum absolute atomic E-state index is 0.297. The Hall–Kier alpha value is -3.32. The Balaban J connectivity index is 1.57. The Morgan fingerprint density at radius 2 is 1.89 bits per heavy atom. The van der Waals surface area contributed by atoms with E-state index in [0.717, 1.165) is 16.5 Å². The molecule has 1 fully saturated rings. The molecule has 8 heteroatoms. The van der Waals surface area contributed by atoms with E-state index in [4.69, 9.17) is 16.3 Å². The van der Waals surface area contributed by atoms with Gasteiger partial charge in [0.15, 0.2) is 0 Å². The number of benzene rings is 2. The monoisotopic (exact) mass is 495 g/mol. The number of ether oxygens (including phenoxy) is 1. The number of nitrogens with zero attached hydrogens (tertiary/aromatic N) is 1. The number of hydrogen-bond acceptors (Lipinski definition) is 4. The minimum Gasteiger partial charge on any atom is -0.458 e. The zero-order valence-electron chi connectivity index (χ0n) is 20.1. The van der Waals surface area contributed by atoms with Crippen molar-refractivity contribution in [3.63, 3.8) is 0 Å². The van der Waals surface area contributed by atoms with Gasteiger partial charge in [0, 0.05) is 28.9 Å². The molecule has 0 radical (unpaired) electrons. The van der Waals surface area contributed by atoms with E-state index >= 15 is 0 Å². The number of aromatic nitrogens is 1. The lowest BCUT2D eigenvalue weighted by Crippen LogP contribution is -2.53. The number of fused-ring (bicyclic) bond motifs is 1. The van der Waals surface area contributed by atoms with Gasteiger partial charge in [-0.15, -0.1) is 0 Å². The predicted octanol–water partition coefficient (Wildman–Crippen LogP) is 4.50. The van der Waals surface area contributed by atoms with E-state index in [1.165, 1.54) is 0 Å². The smallest absolute Gasteiger partial charge is 0.329 e. The highest BCUT2D eigenvalue weighted by Gasteiger charge is 2.39. The quantitative estimate of drug-likeness (QED) is 0.493. The largest absolute Gasteiger partial charge is 0.458 e. The van der Waals surface area contributed by atoms with Crippen LogP contribution >= 0.6 is 11.6 Å². The van der Waals surface area contributed by atoms with Gasteiger partial charge < -0.3 is 19.9 Å². The molecule has 0 aliphatic carbocycles. The summed E-state index contributed by atoms with van der Waals surface area (Å²) in [6.07, 6.45) is 1.54. The maximum atomic E-state index is 13.7. The van der Waals surface area contributed by atoms with Crippen LogP contribution in [0.4, 0.5) is 0 Å². The van der Waals surface area contributed by atoms with E-state index in [9.17, 15) is 14.4 Å². The van der Waals surface area contributed by atoms with Gasteiger partial charge >= 0.3 is 5.97 Å². The van der Waals surface area contributed by atoms with Gasteiger partial charge in [0.25, 0.3) is 5.91 Å². The lowest BCUT2D eigenvalue weighted by molar-refractivity contribution is -0.163. The van der Waals surface area contributed by atoms with Gasteiger partial charge in [-0.3, -0.25) is 9.59 Å². The summed E-state index contributed by atoms with van der Waals surface area (Å²) in [5.74, 6) is -1.12. The number of carbonyl (C=O) groups is 3. The molecule has 2 heterocycles. The fourth-order valence-corrected chi connectivity index (χ4v) is 4.54. The van der Waals surface area contributed by atoms with Crippen LogP contribution in [0.3, 0.4) is 0 Å². The highest BCUT2D eigenvalue weighted by atomic mass is 35.5. The summed E-state index contributed by atoms with van der Waals surface area (Å²) in [6, 6.07) is 15.0. The number of rotatable bonds is 6. The maximum Gasteiger partial charge on any atom is 0.329 e. The third kappa shape index (κ3) is 6.03. The topological polar surface area (TPSA) is 91.5 Å². The van der Waals surface area contributed by atoms with Crippen LogP contribution in [0.1, 0.15) is 49.7 Å². The SMILES string of the molecule is CC(C)(C)OC(=O)[C@@H]1CCCN1C(=O)C(Cc1ccccc1)NC(=O)c1cc2cc(Cl)ccc2[nH]1. The summed E-state index contributed by atoms with van der Waals surface area (Å²) >= 11 is 6.07. The molecular formula is C27H30ClN3O4. The number of nitrogens with one attached hydrogen (secondary N) is 2. The molecule has 4 rings (SSSR count). The molecule has 3 aromatic rings. The molecule has 2 N–H and O–H groups in total. The number of aromatic amines is 1. The molecule has 0 spiro atoms. The lowest BCUT2D eigenvalue weighted by Gasteiger charge is -2.30. The van der Waals surface area contributed by atoms with Gasteiger partial charge in [-0.2, -0.15) is 0 Å². The van der Waals surface area contributed by atoms with Gasteiger partial charge in [0.2, 0.25) is 5.91 Å². The molecule has 35 heavy (non-hydrogen) atoms. The van der Waals surface area contributed by atoms with Crippen molar-refractivity contribution in [3.05, 3.63) is 70.9 Å². The Morgan fingerprint density at radius 1 is 1.14 bits per heavy atom. The third-order valence-corrected chi connectivity index (χ3v) is 6.16. The number of halogens is 1. The van der Waals surface area contributed by atoms with Crippen LogP contribution in [0.25, 0.3) is 10.9 Å². The highest BCUT2D eigenvalue weighted by molar-refractivity contribution is 6.31. The second kappa shape index (κ2) is 10.1. The van der Waals surface area contributed by atoms with Crippen LogP contribution in [0.5, 0.6) is 0 Å². The first kappa shape index (κ1) is 24.8. The van der Waals surface area contributed by atoms with Crippen LogP contribution in [-0.2, 0) is 20.7 Å². The van der Waals surface area contributed by atoms with Crippen LogP contribution in [-0.4, -0.2) is 51.9 Å². The number of likely N-dealkylation sites (tertiary alicyclic amines) is 1. The first-order chi connectivity index (χ1) is 16.6. The molecule has 1 aliphatic rings. The van der Waals surface area contributed by atoms with Crippen LogP contribution < -0.4 is 5.32 Å². The molecule has 1 saturated heterocycles. The highest BCUT2D eigenvalue weighted by Crippen LogP contribution is 2.24. The molecule has 1 aromatic heterocycles. The normalized spacial score (nSPS) is 16.8. The Morgan fingerprint density at radius 3 is 2.60 bits per heavy atom. The fraction of sp³-hybridized carbons (Fsp3) is 0.370. The fourth-order valence-electron chi connectivity index (χ4n) is 4.36. The molecule has 2 amide bonds. The third-order valence-electron chi connectivity index (χ3n) is 5.93.